The van der Waals surface area contributed by atoms with E-state index in [1.807, 2.05) is 0 Å². The van der Waals surface area contributed by atoms with E-state index in [9.17, 15) is 9.59 Å². The lowest BCUT2D eigenvalue weighted by Gasteiger charge is -2.12. The summed E-state index contributed by atoms with van der Waals surface area (Å²) in [4.78, 5) is 33.4. The fourth-order valence-corrected chi connectivity index (χ4v) is 3.47. The average Bonchev–Trinajstić information content (AvgIpc) is 3.55. The van der Waals surface area contributed by atoms with Crippen molar-refractivity contribution in [3.05, 3.63) is 82.3 Å². The standard InChI is InChI=1S/C23H20N8O2/c1-24-14-7-9-16(10-8-14)30-11-3-4-17(23(30)33)28-20-12-18(25-2)21-26-13-19(31(21)29-20)22(32)27-15-5-6-15/h3-4,7-13,15,25H,5-6H2,2H3,(H,27,32)(H,28,29). The Morgan fingerprint density at radius 2 is 1.97 bits per heavy atom. The third kappa shape index (κ3) is 3.87. The van der Waals surface area contributed by atoms with Crippen LogP contribution in [-0.2, 0) is 0 Å². The van der Waals surface area contributed by atoms with Gasteiger partial charge >= 0.3 is 0 Å². The number of nitrogens with zero attached hydrogens (tertiary/aromatic N) is 5. The van der Waals surface area contributed by atoms with E-state index in [4.69, 9.17) is 6.57 Å². The molecule has 10 nitrogen and oxygen atoms in total. The normalized spacial score (nSPS) is 12.8. The molecule has 1 aliphatic rings. The molecule has 0 radical (unpaired) electrons. The number of benzene rings is 1. The number of carbonyl (C=O) groups excluding carboxylic acids is 1. The Morgan fingerprint density at radius 3 is 2.67 bits per heavy atom. The fraction of sp³-hybridized carbons (Fsp3) is 0.174. The average molecular weight is 440 g/mol. The number of aromatic nitrogens is 4. The second-order valence-corrected chi connectivity index (χ2v) is 7.67. The van der Waals surface area contributed by atoms with Gasteiger partial charge in [-0.15, -0.1) is 5.10 Å². The maximum absolute atomic E-state index is 13.1. The number of amides is 1. The van der Waals surface area contributed by atoms with Gasteiger partial charge in [-0.1, -0.05) is 12.1 Å². The Hall–Kier alpha value is -4.65. The van der Waals surface area contributed by atoms with Crippen LogP contribution in [0.1, 0.15) is 23.3 Å². The van der Waals surface area contributed by atoms with E-state index in [2.05, 4.69) is 30.9 Å². The minimum absolute atomic E-state index is 0.208. The Bertz CT molecular complexity index is 1460. The van der Waals surface area contributed by atoms with Gasteiger partial charge in [-0.3, -0.25) is 14.2 Å². The molecule has 4 aromatic rings. The molecule has 1 aliphatic carbocycles. The molecule has 10 heteroatoms. The van der Waals surface area contributed by atoms with Gasteiger partial charge in [0.2, 0.25) is 0 Å². The van der Waals surface area contributed by atoms with E-state index in [0.29, 0.717) is 39.9 Å². The van der Waals surface area contributed by atoms with Crippen LogP contribution in [0.2, 0.25) is 0 Å². The van der Waals surface area contributed by atoms with E-state index in [-0.39, 0.29) is 17.5 Å². The molecule has 33 heavy (non-hydrogen) atoms. The highest BCUT2D eigenvalue weighted by molar-refractivity contribution is 5.94. The van der Waals surface area contributed by atoms with Crippen LogP contribution in [0.25, 0.3) is 16.2 Å². The first kappa shape index (κ1) is 20.3. The Kier molecular flexibility index (Phi) is 4.99. The molecule has 0 aliphatic heterocycles. The summed E-state index contributed by atoms with van der Waals surface area (Å²) in [5.41, 5.74) is 2.66. The molecule has 0 unspecified atom stereocenters. The molecule has 164 valence electrons. The first-order chi connectivity index (χ1) is 16.1. The van der Waals surface area contributed by atoms with Crippen molar-refractivity contribution in [1.82, 2.24) is 24.5 Å². The van der Waals surface area contributed by atoms with Gasteiger partial charge in [-0.25, -0.2) is 14.3 Å². The number of rotatable bonds is 6. The first-order valence-electron chi connectivity index (χ1n) is 10.4. The summed E-state index contributed by atoms with van der Waals surface area (Å²) in [5, 5.41) is 13.6. The number of pyridine rings is 1. The number of hydrogen-bond donors (Lipinski definition) is 3. The van der Waals surface area contributed by atoms with Crippen LogP contribution in [0.4, 0.5) is 22.9 Å². The molecule has 0 atom stereocenters. The number of anilines is 3. The van der Waals surface area contributed by atoms with Gasteiger partial charge in [0.25, 0.3) is 11.5 Å². The lowest BCUT2D eigenvalue weighted by atomic mass is 10.2. The van der Waals surface area contributed by atoms with Crippen LogP contribution in [0.3, 0.4) is 0 Å². The van der Waals surface area contributed by atoms with Gasteiger partial charge in [-0.05, 0) is 37.1 Å². The minimum atomic E-state index is -0.279. The van der Waals surface area contributed by atoms with Crippen LogP contribution in [0, 0.1) is 6.57 Å². The molecule has 0 spiro atoms. The molecule has 0 bridgehead atoms. The molecule has 0 saturated heterocycles. The molecule has 1 fully saturated rings. The van der Waals surface area contributed by atoms with Gasteiger partial charge in [0.1, 0.15) is 5.69 Å². The lowest BCUT2D eigenvalue weighted by molar-refractivity contribution is 0.0944. The monoisotopic (exact) mass is 440 g/mol. The molecular weight excluding hydrogens is 420 g/mol. The van der Waals surface area contributed by atoms with Crippen molar-refractivity contribution in [1.29, 1.82) is 0 Å². The smallest absolute Gasteiger partial charge is 0.278 e. The highest BCUT2D eigenvalue weighted by Gasteiger charge is 2.26. The zero-order valence-electron chi connectivity index (χ0n) is 17.7. The summed E-state index contributed by atoms with van der Waals surface area (Å²) in [6.07, 6.45) is 5.11. The number of fused-ring (bicyclic) bond motifs is 1. The first-order valence-corrected chi connectivity index (χ1v) is 10.4. The van der Waals surface area contributed by atoms with Gasteiger partial charge < -0.3 is 16.0 Å². The summed E-state index contributed by atoms with van der Waals surface area (Å²) in [5.74, 6) is 0.144. The van der Waals surface area contributed by atoms with Crippen molar-refractivity contribution in [2.75, 3.05) is 17.7 Å². The van der Waals surface area contributed by atoms with Crippen LogP contribution >= 0.6 is 0 Å². The Balaban J connectivity index is 1.51. The predicted molar refractivity (Wildman–Crippen MR) is 125 cm³/mol. The summed E-state index contributed by atoms with van der Waals surface area (Å²) >= 11 is 0. The minimum Gasteiger partial charge on any atom is -0.385 e. The highest BCUT2D eigenvalue weighted by Crippen LogP contribution is 2.23. The van der Waals surface area contributed by atoms with Crippen LogP contribution < -0.4 is 21.5 Å². The second kappa shape index (κ2) is 8.12. The van der Waals surface area contributed by atoms with E-state index in [1.165, 1.54) is 15.3 Å². The van der Waals surface area contributed by atoms with E-state index in [1.54, 1.807) is 55.7 Å². The summed E-state index contributed by atoms with van der Waals surface area (Å²) in [6.45, 7) is 7.08. The molecule has 5 rings (SSSR count). The van der Waals surface area contributed by atoms with Crippen molar-refractivity contribution < 1.29 is 4.79 Å². The number of imidazole rings is 1. The zero-order valence-corrected chi connectivity index (χ0v) is 17.7. The highest BCUT2D eigenvalue weighted by atomic mass is 16.2. The van der Waals surface area contributed by atoms with E-state index >= 15 is 0 Å². The topological polar surface area (TPSA) is 110 Å². The van der Waals surface area contributed by atoms with Crippen molar-refractivity contribution >= 4 is 34.4 Å². The number of carbonyl (C=O) groups is 1. The predicted octanol–water partition coefficient (Wildman–Crippen LogP) is 3.11. The molecule has 1 amide bonds. The van der Waals surface area contributed by atoms with Crippen LogP contribution in [-0.4, -0.2) is 38.2 Å². The van der Waals surface area contributed by atoms with Crippen LogP contribution in [0.5, 0.6) is 0 Å². The van der Waals surface area contributed by atoms with E-state index in [0.717, 1.165) is 12.8 Å². The Morgan fingerprint density at radius 1 is 1.18 bits per heavy atom. The van der Waals surface area contributed by atoms with Gasteiger partial charge in [0.05, 0.1) is 18.5 Å². The molecule has 1 saturated carbocycles. The zero-order chi connectivity index (χ0) is 22.9. The molecular formula is C23H20N8O2. The SMILES string of the molecule is [C-]#[N+]c1ccc(-n2cccc(Nc3cc(NC)c4ncc(C(=O)NC5CC5)n4n3)c2=O)cc1. The quantitative estimate of drug-likeness (QED) is 0.398. The molecule has 1 aromatic carbocycles. The van der Waals surface area contributed by atoms with Crippen molar-refractivity contribution in [2.24, 2.45) is 0 Å². The third-order valence-electron chi connectivity index (χ3n) is 5.35. The van der Waals surface area contributed by atoms with Crippen molar-refractivity contribution in [3.8, 4) is 5.69 Å². The Labute approximate surface area is 188 Å². The number of nitrogens with one attached hydrogen (secondary N) is 3. The maximum Gasteiger partial charge on any atom is 0.278 e. The fourth-order valence-electron chi connectivity index (χ4n) is 3.47. The van der Waals surface area contributed by atoms with E-state index < -0.39 is 0 Å². The van der Waals surface area contributed by atoms with Gasteiger partial charge in [0.15, 0.2) is 22.8 Å². The summed E-state index contributed by atoms with van der Waals surface area (Å²) in [6, 6.07) is 12.1. The molecule has 3 aromatic heterocycles. The lowest BCUT2D eigenvalue weighted by Crippen LogP contribution is -2.27. The van der Waals surface area contributed by atoms with Crippen LogP contribution in [0.15, 0.2) is 59.7 Å². The van der Waals surface area contributed by atoms with Crippen molar-refractivity contribution in [2.45, 2.75) is 18.9 Å². The van der Waals surface area contributed by atoms with Gasteiger partial charge in [-0.2, -0.15) is 0 Å². The second-order valence-electron chi connectivity index (χ2n) is 7.67. The summed E-state index contributed by atoms with van der Waals surface area (Å²) < 4.78 is 2.95. The van der Waals surface area contributed by atoms with Crippen molar-refractivity contribution in [3.63, 3.8) is 0 Å². The largest absolute Gasteiger partial charge is 0.385 e. The summed E-state index contributed by atoms with van der Waals surface area (Å²) in [7, 11) is 1.75. The number of hydrogen-bond acceptors (Lipinski definition) is 6. The third-order valence-corrected chi connectivity index (χ3v) is 5.35. The molecule has 3 heterocycles. The van der Waals surface area contributed by atoms with Gasteiger partial charge in [0, 0.05) is 31.0 Å². The maximum atomic E-state index is 13.1. The molecule has 3 N–H and O–H groups in total.